The van der Waals surface area contributed by atoms with Gasteiger partial charge in [-0.15, -0.1) is 0 Å². The van der Waals surface area contributed by atoms with Crippen LogP contribution in [0.2, 0.25) is 0 Å². The Kier molecular flexibility index (Phi) is 3.30. The number of Topliss-reactive ketones (excluding diaryl/α,β-unsaturated/α-hetero) is 1. The lowest BCUT2D eigenvalue weighted by atomic mass is 9.80. The van der Waals surface area contributed by atoms with Crippen molar-refractivity contribution >= 4 is 21.7 Å². The van der Waals surface area contributed by atoms with E-state index in [0.29, 0.717) is 18.4 Å². The third-order valence-electron chi connectivity index (χ3n) is 3.26. The van der Waals surface area contributed by atoms with Crippen LogP contribution in [0.15, 0.2) is 22.7 Å². The third-order valence-corrected chi connectivity index (χ3v) is 3.75. The molecule has 0 radical (unpaired) electrons. The first-order chi connectivity index (χ1) is 8.07. The predicted molar refractivity (Wildman–Crippen MR) is 64.7 cm³/mol. The van der Waals surface area contributed by atoms with Crippen molar-refractivity contribution in [1.29, 1.82) is 5.26 Å². The Morgan fingerprint density at radius 3 is 2.88 bits per heavy atom. The van der Waals surface area contributed by atoms with Gasteiger partial charge in [0.1, 0.15) is 11.2 Å². The van der Waals surface area contributed by atoms with Crippen molar-refractivity contribution < 1.29 is 9.18 Å². The maximum Gasteiger partial charge on any atom is 0.153 e. The van der Waals surface area contributed by atoms with Gasteiger partial charge < -0.3 is 0 Å². The molecule has 0 N–H and O–H groups in total. The van der Waals surface area contributed by atoms with E-state index in [1.54, 1.807) is 12.1 Å². The van der Waals surface area contributed by atoms with Gasteiger partial charge in [-0.1, -0.05) is 15.9 Å². The van der Waals surface area contributed by atoms with Crippen molar-refractivity contribution in [2.75, 3.05) is 0 Å². The molecule has 2 rings (SSSR count). The monoisotopic (exact) mass is 295 g/mol. The summed E-state index contributed by atoms with van der Waals surface area (Å²) in [7, 11) is 0. The van der Waals surface area contributed by atoms with Crippen molar-refractivity contribution in [3.63, 3.8) is 0 Å². The quantitative estimate of drug-likeness (QED) is 0.839. The predicted octanol–water partition coefficient (Wildman–Crippen LogP) is 3.39. The van der Waals surface area contributed by atoms with Gasteiger partial charge in [0.2, 0.25) is 0 Å². The molecule has 1 saturated carbocycles. The third kappa shape index (κ3) is 2.25. The van der Waals surface area contributed by atoms with Crippen LogP contribution >= 0.6 is 15.9 Å². The zero-order valence-electron chi connectivity index (χ0n) is 9.17. The van der Waals surface area contributed by atoms with Gasteiger partial charge in [-0.25, -0.2) is 4.39 Å². The molecule has 0 bridgehead atoms. The number of ketones is 1. The number of nitrogens with zero attached hydrogens (tertiary/aromatic N) is 1. The normalized spacial score (nSPS) is 23.7. The molecule has 0 heterocycles. The van der Waals surface area contributed by atoms with Gasteiger partial charge in [-0.2, -0.15) is 5.26 Å². The summed E-state index contributed by atoms with van der Waals surface area (Å²) in [5.41, 5.74) is -0.585. The molecule has 2 nitrogen and oxygen atoms in total. The van der Waals surface area contributed by atoms with E-state index in [-0.39, 0.29) is 18.0 Å². The second-order valence-electron chi connectivity index (χ2n) is 4.38. The molecular weight excluding hydrogens is 285 g/mol. The Bertz CT molecular complexity index is 509. The van der Waals surface area contributed by atoms with Crippen LogP contribution in [0.5, 0.6) is 0 Å². The number of halogens is 2. The van der Waals surface area contributed by atoms with Crippen LogP contribution in [0.25, 0.3) is 0 Å². The first kappa shape index (κ1) is 12.3. The molecule has 0 aliphatic heterocycles. The van der Waals surface area contributed by atoms with Gasteiger partial charge in [-0.05, 0) is 36.6 Å². The minimum Gasteiger partial charge on any atom is -0.298 e. The van der Waals surface area contributed by atoms with Crippen LogP contribution in [-0.4, -0.2) is 5.78 Å². The fourth-order valence-corrected chi connectivity index (χ4v) is 2.69. The second kappa shape index (κ2) is 4.58. The van der Waals surface area contributed by atoms with Crippen LogP contribution in [0.4, 0.5) is 4.39 Å². The van der Waals surface area contributed by atoms with Gasteiger partial charge in [0, 0.05) is 17.3 Å². The Hall–Kier alpha value is -1.21. The molecule has 0 saturated heterocycles. The Morgan fingerprint density at radius 2 is 2.29 bits per heavy atom. The van der Waals surface area contributed by atoms with E-state index in [1.165, 1.54) is 6.07 Å². The van der Waals surface area contributed by atoms with Gasteiger partial charge in [-0.3, -0.25) is 4.79 Å². The summed E-state index contributed by atoms with van der Waals surface area (Å²) in [6.07, 6.45) is 1.87. The van der Waals surface area contributed by atoms with Crippen molar-refractivity contribution in [2.24, 2.45) is 5.41 Å². The van der Waals surface area contributed by atoms with Crippen molar-refractivity contribution in [1.82, 2.24) is 0 Å². The summed E-state index contributed by atoms with van der Waals surface area (Å²) in [5.74, 6) is -0.415. The molecule has 1 atom stereocenters. The highest BCUT2D eigenvalue weighted by atomic mass is 79.9. The minimum atomic E-state index is -1.01. The molecule has 1 aliphatic carbocycles. The number of carbonyl (C=O) groups is 1. The Balaban J connectivity index is 2.34. The van der Waals surface area contributed by atoms with Gasteiger partial charge >= 0.3 is 0 Å². The molecule has 1 fully saturated rings. The number of hydrogen-bond acceptors (Lipinski definition) is 2. The van der Waals surface area contributed by atoms with Crippen molar-refractivity contribution in [3.8, 4) is 6.07 Å². The smallest absolute Gasteiger partial charge is 0.153 e. The van der Waals surface area contributed by atoms with Crippen molar-refractivity contribution in [2.45, 2.75) is 25.7 Å². The topological polar surface area (TPSA) is 40.9 Å². The lowest BCUT2D eigenvalue weighted by Gasteiger charge is -2.18. The number of rotatable bonds is 2. The molecule has 1 aliphatic rings. The Morgan fingerprint density at radius 1 is 1.53 bits per heavy atom. The summed E-state index contributed by atoms with van der Waals surface area (Å²) >= 11 is 3.27. The number of nitriles is 1. The lowest BCUT2D eigenvalue weighted by Crippen LogP contribution is -2.26. The van der Waals surface area contributed by atoms with E-state index < -0.39 is 5.41 Å². The number of benzene rings is 1. The molecule has 0 amide bonds. The summed E-state index contributed by atoms with van der Waals surface area (Å²) < 4.78 is 14.4. The maximum atomic E-state index is 13.6. The van der Waals surface area contributed by atoms with E-state index in [0.717, 1.165) is 10.9 Å². The molecule has 88 valence electrons. The standard InChI is InChI=1S/C13H11BrFNO/c14-10-3-4-11(15)9(6-10)7-13(8-16)5-1-2-12(13)17/h3-4,6H,1-2,5,7H2. The summed E-state index contributed by atoms with van der Waals surface area (Å²) in [6, 6.07) is 6.69. The highest BCUT2D eigenvalue weighted by Crippen LogP contribution is 2.38. The summed E-state index contributed by atoms with van der Waals surface area (Å²) in [4.78, 5) is 11.8. The molecule has 0 aromatic heterocycles. The van der Waals surface area contributed by atoms with E-state index in [9.17, 15) is 14.4 Å². The first-order valence-corrected chi connectivity index (χ1v) is 6.25. The highest BCUT2D eigenvalue weighted by Gasteiger charge is 2.42. The van der Waals surface area contributed by atoms with E-state index in [2.05, 4.69) is 22.0 Å². The summed E-state index contributed by atoms with van der Waals surface area (Å²) in [5, 5.41) is 9.20. The molecule has 17 heavy (non-hydrogen) atoms. The highest BCUT2D eigenvalue weighted by molar-refractivity contribution is 9.10. The largest absolute Gasteiger partial charge is 0.298 e. The van der Waals surface area contributed by atoms with E-state index >= 15 is 0 Å². The minimum absolute atomic E-state index is 0.0561. The second-order valence-corrected chi connectivity index (χ2v) is 5.30. The van der Waals surface area contributed by atoms with E-state index in [4.69, 9.17) is 0 Å². The molecule has 1 unspecified atom stereocenters. The lowest BCUT2D eigenvalue weighted by molar-refractivity contribution is -0.123. The molecule has 4 heteroatoms. The molecule has 1 aromatic carbocycles. The molecular formula is C13H11BrFNO. The van der Waals surface area contributed by atoms with Crippen LogP contribution in [0.1, 0.15) is 24.8 Å². The zero-order valence-corrected chi connectivity index (χ0v) is 10.8. The number of carbonyl (C=O) groups excluding carboxylic acids is 1. The Labute approximate surface area is 108 Å². The average molecular weight is 296 g/mol. The fourth-order valence-electron chi connectivity index (χ4n) is 2.28. The SMILES string of the molecule is N#CC1(Cc2cc(Br)ccc2F)CCCC1=O. The number of hydrogen-bond donors (Lipinski definition) is 0. The van der Waals surface area contributed by atoms with E-state index in [1.807, 2.05) is 0 Å². The van der Waals surface area contributed by atoms with Gasteiger partial charge in [0.25, 0.3) is 0 Å². The van der Waals surface area contributed by atoms with Gasteiger partial charge in [0.05, 0.1) is 6.07 Å². The molecule has 1 aromatic rings. The average Bonchev–Trinajstić information content (AvgIpc) is 2.66. The molecule has 0 spiro atoms. The van der Waals surface area contributed by atoms with Crippen LogP contribution in [0.3, 0.4) is 0 Å². The van der Waals surface area contributed by atoms with Gasteiger partial charge in [0.15, 0.2) is 5.78 Å². The van der Waals surface area contributed by atoms with Crippen LogP contribution in [0, 0.1) is 22.6 Å². The first-order valence-electron chi connectivity index (χ1n) is 5.46. The van der Waals surface area contributed by atoms with Crippen molar-refractivity contribution in [3.05, 3.63) is 34.1 Å². The zero-order chi connectivity index (χ0) is 12.5. The maximum absolute atomic E-state index is 13.6. The van der Waals surface area contributed by atoms with Crippen LogP contribution in [-0.2, 0) is 11.2 Å². The summed E-state index contributed by atoms with van der Waals surface area (Å²) in [6.45, 7) is 0. The van der Waals surface area contributed by atoms with Crippen LogP contribution < -0.4 is 0 Å². The fraction of sp³-hybridized carbons (Fsp3) is 0.385.